The van der Waals surface area contributed by atoms with Crippen LogP contribution in [0.3, 0.4) is 0 Å². The number of fused-ring (bicyclic) bond motifs is 12. The third-order valence-electron chi connectivity index (χ3n) is 31.0. The maximum Gasteiger partial charge on any atom is 0.143 e. The highest BCUT2D eigenvalue weighted by Gasteiger charge is 2.49. The number of halogens is 16. The number of nitrogens with one attached hydrogen (secondary N) is 4. The number of nitrogens with zero attached hydrogens (tertiary/aromatic N) is 8. The van der Waals surface area contributed by atoms with E-state index in [1.165, 1.54) is 106 Å². The monoisotopic (exact) mass is 2100 g/mol. The zero-order chi connectivity index (χ0) is 107. The number of ether oxygens (including phenoxy) is 4. The predicted octanol–water partition coefficient (Wildman–Crippen LogP) is 22.3. The minimum absolute atomic E-state index is 0.0751. The van der Waals surface area contributed by atoms with E-state index >= 15 is 48.3 Å². The first-order valence-electron chi connectivity index (χ1n) is 52.8. The van der Waals surface area contributed by atoms with E-state index in [0.29, 0.717) is 146 Å². The van der Waals surface area contributed by atoms with Crippen molar-refractivity contribution in [3.05, 3.63) is 259 Å². The van der Waals surface area contributed by atoms with Crippen LogP contribution in [0.25, 0.3) is 43.6 Å². The Balaban J connectivity index is 0.000000136. The van der Waals surface area contributed by atoms with Gasteiger partial charge in [-0.15, -0.1) is 0 Å². The molecule has 8 aliphatic heterocycles. The van der Waals surface area contributed by atoms with Crippen molar-refractivity contribution in [1.29, 1.82) is 0 Å². The second kappa shape index (κ2) is 46.9. The van der Waals surface area contributed by atoms with E-state index in [-0.39, 0.29) is 133 Å². The number of alkyl halides is 5. The van der Waals surface area contributed by atoms with Gasteiger partial charge in [-0.05, 0) is 202 Å². The molecule has 8 aliphatic rings. The zero-order valence-electron chi connectivity index (χ0n) is 86.9. The molecule has 0 radical (unpaired) electrons. The number of benzene rings is 8. The van der Waals surface area contributed by atoms with Gasteiger partial charge in [0.05, 0.1) is 50.7 Å². The van der Waals surface area contributed by atoms with Crippen LogP contribution in [0.5, 0.6) is 23.0 Å². The van der Waals surface area contributed by atoms with Gasteiger partial charge in [0.15, 0.2) is 0 Å². The van der Waals surface area contributed by atoms with Gasteiger partial charge in [-0.2, -0.15) is 0 Å². The number of hydrogen-bond donors (Lipinski definition) is 7. The fourth-order valence-electron chi connectivity index (χ4n) is 22.9. The first-order chi connectivity index (χ1) is 71.7. The molecule has 4 saturated heterocycles. The minimum atomic E-state index is -1.99. The maximum atomic E-state index is 15.8. The van der Waals surface area contributed by atoms with Crippen molar-refractivity contribution in [1.82, 2.24) is 59.1 Å². The summed E-state index contributed by atoms with van der Waals surface area (Å²) < 4.78 is 264. The molecule has 812 valence electrons. The molecule has 12 aromatic rings. The summed E-state index contributed by atoms with van der Waals surface area (Å²) in [5.74, 6) is -6.93. The van der Waals surface area contributed by atoms with Crippen LogP contribution in [0.15, 0.2) is 127 Å². The van der Waals surface area contributed by atoms with Crippen LogP contribution in [0.2, 0.25) is 0 Å². The van der Waals surface area contributed by atoms with E-state index in [1.807, 2.05) is 61.8 Å². The number of unbranched alkanes of at least 4 members (excludes halogenated alkanes) is 3. The van der Waals surface area contributed by atoms with Crippen molar-refractivity contribution in [2.45, 2.75) is 237 Å². The van der Waals surface area contributed by atoms with Crippen molar-refractivity contribution in [3.8, 4) is 23.0 Å². The predicted molar refractivity (Wildman–Crippen MR) is 549 cm³/mol. The smallest absolute Gasteiger partial charge is 0.143 e. The summed E-state index contributed by atoms with van der Waals surface area (Å²) in [6, 6.07) is 25.4. The average Bonchev–Trinajstić information content (AvgIpc) is 1.60. The molecule has 12 atom stereocenters. The highest BCUT2D eigenvalue weighted by atomic mass is 19.2. The molecule has 4 aromatic heterocycles. The molecule has 12 heterocycles. The molecule has 0 unspecified atom stereocenters. The SMILES string of the molecule is CCCCN1CC(Oc2cc(F)c([C@@H]3c4[nH]c5ccc(F)cc5c4C[C@@H](C)N3C[C@@](C)(F)CO)c(F)c2)C1.CCCCN1CC(Oc2cc(F)c([C@H]3c4[nH]c5ccc(F)cc5c4C[C@H](C)N3C[C@@](C)(F)CO)c(F)c2)C1.CCCCN1CC(Oc2cc(F)c([C@H]3c4[nH]c5ccc(F)cc5c4C[C@H](C)N3C[C@](C)(F)CO)c(F)c2)C1.CC[C@@H](F)CN1[C@H](c2c(F)cc(OCCN3CC(CF)C3)cc2F)c2[nH]c3ccccc3c2C[C@H]1C. The van der Waals surface area contributed by atoms with Gasteiger partial charge < -0.3 is 54.2 Å². The van der Waals surface area contributed by atoms with Crippen LogP contribution >= 0.6 is 0 Å². The van der Waals surface area contributed by atoms with Gasteiger partial charge in [0.2, 0.25) is 0 Å². The van der Waals surface area contributed by atoms with Gasteiger partial charge >= 0.3 is 0 Å². The Kier molecular flexibility index (Phi) is 34.6. The van der Waals surface area contributed by atoms with Gasteiger partial charge in [0, 0.05) is 252 Å². The maximum absolute atomic E-state index is 15.8. The highest BCUT2D eigenvalue weighted by molar-refractivity contribution is 5.88. The number of rotatable bonds is 36. The summed E-state index contributed by atoms with van der Waals surface area (Å²) in [4.78, 5) is 28.7. The van der Waals surface area contributed by atoms with Gasteiger partial charge in [0.1, 0.15) is 135 Å². The molecular formula is C115H138F16N12O7. The number of aromatic nitrogens is 4. The van der Waals surface area contributed by atoms with E-state index < -0.39 is 131 Å². The lowest BCUT2D eigenvalue weighted by Gasteiger charge is -2.43. The summed E-state index contributed by atoms with van der Waals surface area (Å²) in [6.45, 7) is 25.7. The number of aromatic amines is 4. The van der Waals surface area contributed by atoms with Crippen LogP contribution < -0.4 is 18.9 Å². The first kappa shape index (κ1) is 111. The molecule has 0 spiro atoms. The highest BCUT2D eigenvalue weighted by Crippen LogP contribution is 2.51. The second-order valence-electron chi connectivity index (χ2n) is 43.3. The fourth-order valence-corrected chi connectivity index (χ4v) is 22.9. The number of H-pyrrole nitrogens is 4. The van der Waals surface area contributed by atoms with E-state index in [4.69, 9.17) is 18.9 Å². The van der Waals surface area contributed by atoms with Crippen LogP contribution in [0.4, 0.5) is 70.2 Å². The molecule has 0 saturated carbocycles. The van der Waals surface area contributed by atoms with Gasteiger partial charge in [-0.25, -0.2) is 65.9 Å². The summed E-state index contributed by atoms with van der Waals surface area (Å²) >= 11 is 0. The molecule has 0 bridgehead atoms. The molecule has 4 fully saturated rings. The molecule has 19 nitrogen and oxygen atoms in total. The Morgan fingerprint density at radius 2 is 0.640 bits per heavy atom. The summed E-state index contributed by atoms with van der Waals surface area (Å²) in [5.41, 5.74) is 1.50. The van der Waals surface area contributed by atoms with Crippen molar-refractivity contribution in [2.75, 3.05) is 138 Å². The molecule has 35 heteroatoms. The summed E-state index contributed by atoms with van der Waals surface area (Å²) in [6.07, 6.45) is 7.37. The number of hydrogen-bond acceptors (Lipinski definition) is 15. The Hall–Kier alpha value is -10.4. The number of likely N-dealkylation sites (tertiary alicyclic amines) is 4. The summed E-state index contributed by atoms with van der Waals surface area (Å²) in [7, 11) is 0. The topological polar surface area (TPSA) is 187 Å². The van der Waals surface area contributed by atoms with Crippen LogP contribution in [0.1, 0.15) is 213 Å². The van der Waals surface area contributed by atoms with E-state index in [0.717, 1.165) is 91.3 Å². The normalized spacial score (nSPS) is 22.2. The van der Waals surface area contributed by atoms with Crippen LogP contribution in [-0.2, 0) is 25.7 Å². The van der Waals surface area contributed by atoms with Gasteiger partial charge in [0.25, 0.3) is 0 Å². The second-order valence-corrected chi connectivity index (χ2v) is 43.3. The van der Waals surface area contributed by atoms with E-state index in [1.54, 1.807) is 39.8 Å². The lowest BCUT2D eigenvalue weighted by atomic mass is 9.87. The van der Waals surface area contributed by atoms with Crippen LogP contribution in [-0.4, -0.2) is 278 Å². The third kappa shape index (κ3) is 24.2. The molecule has 150 heavy (non-hydrogen) atoms. The molecular weight excluding hydrogens is 1970 g/mol. The van der Waals surface area contributed by atoms with Crippen molar-refractivity contribution >= 4 is 43.6 Å². The third-order valence-corrected chi connectivity index (χ3v) is 31.0. The average molecular weight is 2100 g/mol. The van der Waals surface area contributed by atoms with E-state index in [2.05, 4.69) is 55.4 Å². The number of aliphatic hydroxyl groups excluding tert-OH is 3. The van der Waals surface area contributed by atoms with Crippen molar-refractivity contribution in [3.63, 3.8) is 0 Å². The van der Waals surface area contributed by atoms with Gasteiger partial charge in [-0.3, -0.25) is 43.6 Å². The lowest BCUT2D eigenvalue weighted by molar-refractivity contribution is 0.0153. The Bertz CT molecular complexity index is 6130. The Morgan fingerprint density at radius 1 is 0.360 bits per heavy atom. The molecule has 0 aliphatic carbocycles. The molecule has 7 N–H and O–H groups in total. The Morgan fingerprint density at radius 3 is 0.940 bits per heavy atom. The first-order valence-corrected chi connectivity index (χ1v) is 52.8. The van der Waals surface area contributed by atoms with Crippen molar-refractivity contribution < 1.29 is 105 Å². The minimum Gasteiger partial charge on any atom is -0.492 e. The zero-order valence-corrected chi connectivity index (χ0v) is 86.9. The quantitative estimate of drug-likeness (QED) is 0.0184. The fraction of sp³-hybridized carbons (Fsp3) is 0.513. The molecule has 8 aromatic carbocycles. The number of para-hydroxylation sites is 1. The summed E-state index contributed by atoms with van der Waals surface area (Å²) in [5, 5.41) is 31.8. The largest absolute Gasteiger partial charge is 0.492 e. The molecule has 0 amide bonds. The standard InChI is InChI=1S/3C29H35F4N3O2.C28H33F4N3O/c3*1-4-5-8-35-13-20(14-35)38-19-11-23(31)26(24(32)12-19)28-27-22(21-10-18(30)6-7-25(21)34-27)9-17(2)36(28)15-29(3,33)16-37;1-3-19(30)16-35-17(2)10-22-21-6-4-5-7-25(21)33-27(22)28(35)26-23(31)11-20(12-24(26)32)36-9-8-34-14-18(13-29)15-34/h3*6-7,10-12,17,20,28,34,37H,4-5,8-9,13-16H2,1-3H3;4-7,11-12,17-19,28,33H,3,8-10,13-16H2,1-2H3/t17-,28-,29+;2*17-,28-,29-;17-,19-,28-/m0101/s1. The van der Waals surface area contributed by atoms with Crippen molar-refractivity contribution in [2.24, 2.45) is 5.92 Å². The van der Waals surface area contributed by atoms with Gasteiger partial charge in [-0.1, -0.05) is 65.2 Å². The molecule has 20 rings (SSSR count). The lowest BCUT2D eigenvalue weighted by Crippen LogP contribution is -2.53. The van der Waals surface area contributed by atoms with E-state index in [9.17, 15) is 37.3 Å². The number of aliphatic hydroxyl groups is 3. The van der Waals surface area contributed by atoms with Crippen LogP contribution in [0, 0.1) is 69.9 Å². The Labute approximate surface area is 864 Å².